The van der Waals surface area contributed by atoms with Crippen LogP contribution in [0.2, 0.25) is 0 Å². The molecule has 2 atom stereocenters. The molecule has 18 heavy (non-hydrogen) atoms. The second-order valence-electron chi connectivity index (χ2n) is 5.13. The molecule has 102 valence electrons. The van der Waals surface area contributed by atoms with Crippen molar-refractivity contribution in [3.05, 3.63) is 11.6 Å². The number of nitrogens with zero attached hydrogens (tertiary/aromatic N) is 1. The summed E-state index contributed by atoms with van der Waals surface area (Å²) in [7, 11) is 0. The van der Waals surface area contributed by atoms with Gasteiger partial charge in [-0.2, -0.15) is 0 Å². The van der Waals surface area contributed by atoms with Gasteiger partial charge in [0.2, 0.25) is 11.8 Å². The summed E-state index contributed by atoms with van der Waals surface area (Å²) in [6, 6.07) is -0.444. The van der Waals surface area contributed by atoms with Gasteiger partial charge in [-0.15, -0.1) is 0 Å². The fraction of sp³-hybridized carbons (Fsp3) is 0.692. The molecule has 2 amide bonds. The van der Waals surface area contributed by atoms with Crippen molar-refractivity contribution < 1.29 is 9.59 Å². The van der Waals surface area contributed by atoms with Gasteiger partial charge in [-0.3, -0.25) is 9.59 Å². The standard InChI is InChI=1S/C13H21ClN2O2/c1-5-13(4)12(18)15-10(9(2)3)11(17)16(13)8-6-7-14/h6-7,9-10H,5,8H2,1-4H3,(H,15,18)/b7-6+. The van der Waals surface area contributed by atoms with Crippen molar-refractivity contribution in [2.45, 2.75) is 45.7 Å². The van der Waals surface area contributed by atoms with E-state index in [1.165, 1.54) is 5.54 Å². The molecular weight excluding hydrogens is 252 g/mol. The number of hydrogen-bond donors (Lipinski definition) is 1. The number of carbonyl (C=O) groups excluding carboxylic acids is 2. The van der Waals surface area contributed by atoms with Gasteiger partial charge in [0.25, 0.3) is 0 Å². The van der Waals surface area contributed by atoms with Crippen molar-refractivity contribution in [2.24, 2.45) is 5.92 Å². The summed E-state index contributed by atoms with van der Waals surface area (Å²) < 4.78 is 0. The molecule has 0 bridgehead atoms. The minimum Gasteiger partial charge on any atom is -0.342 e. The van der Waals surface area contributed by atoms with Gasteiger partial charge >= 0.3 is 0 Å². The quantitative estimate of drug-likeness (QED) is 0.850. The number of carbonyl (C=O) groups is 2. The van der Waals surface area contributed by atoms with Gasteiger partial charge in [0.1, 0.15) is 11.6 Å². The third kappa shape index (κ3) is 2.53. The maximum Gasteiger partial charge on any atom is 0.246 e. The van der Waals surface area contributed by atoms with E-state index < -0.39 is 11.6 Å². The monoisotopic (exact) mass is 272 g/mol. The molecule has 5 heteroatoms. The van der Waals surface area contributed by atoms with Crippen LogP contribution in [0, 0.1) is 5.92 Å². The first-order valence-electron chi connectivity index (χ1n) is 6.26. The maximum absolute atomic E-state index is 12.4. The number of hydrogen-bond acceptors (Lipinski definition) is 2. The highest BCUT2D eigenvalue weighted by Crippen LogP contribution is 2.26. The van der Waals surface area contributed by atoms with E-state index in [0.717, 1.165) is 0 Å². The van der Waals surface area contributed by atoms with E-state index in [1.807, 2.05) is 20.8 Å². The van der Waals surface area contributed by atoms with E-state index in [9.17, 15) is 9.59 Å². The van der Waals surface area contributed by atoms with Gasteiger partial charge in [-0.05, 0) is 19.3 Å². The molecule has 0 aromatic carbocycles. The molecule has 1 heterocycles. The average Bonchev–Trinajstić information content (AvgIpc) is 2.33. The van der Waals surface area contributed by atoms with Crippen LogP contribution in [-0.2, 0) is 9.59 Å². The minimum absolute atomic E-state index is 0.0382. The third-order valence-corrected chi connectivity index (χ3v) is 3.81. The van der Waals surface area contributed by atoms with Gasteiger partial charge in [-0.25, -0.2) is 0 Å². The Morgan fingerprint density at radius 3 is 2.56 bits per heavy atom. The number of amides is 2. The molecule has 1 rings (SSSR count). The smallest absolute Gasteiger partial charge is 0.246 e. The van der Waals surface area contributed by atoms with Gasteiger partial charge in [0, 0.05) is 12.1 Å². The number of nitrogens with one attached hydrogen (secondary N) is 1. The average molecular weight is 273 g/mol. The van der Waals surface area contributed by atoms with Crippen LogP contribution in [0.15, 0.2) is 11.6 Å². The van der Waals surface area contributed by atoms with Crippen LogP contribution >= 0.6 is 11.6 Å². The van der Waals surface area contributed by atoms with E-state index in [4.69, 9.17) is 11.6 Å². The number of rotatable bonds is 4. The summed E-state index contributed by atoms with van der Waals surface area (Å²) in [5.74, 6) is -0.0553. The third-order valence-electron chi connectivity index (χ3n) is 3.64. The van der Waals surface area contributed by atoms with Crippen LogP contribution in [-0.4, -0.2) is 34.8 Å². The maximum atomic E-state index is 12.4. The Hall–Kier alpha value is -1.03. The molecule has 0 aliphatic carbocycles. The molecule has 0 radical (unpaired) electrons. The lowest BCUT2D eigenvalue weighted by Crippen LogP contribution is -2.70. The van der Waals surface area contributed by atoms with Gasteiger partial charge in [-0.1, -0.05) is 38.4 Å². The number of halogens is 1. The SMILES string of the molecule is CCC1(C)C(=O)NC(C(C)C)C(=O)N1C/C=C/Cl. The summed E-state index contributed by atoms with van der Waals surface area (Å²) in [6.45, 7) is 7.90. The van der Waals surface area contributed by atoms with Crippen molar-refractivity contribution in [3.8, 4) is 0 Å². The topological polar surface area (TPSA) is 49.4 Å². The zero-order valence-electron chi connectivity index (χ0n) is 11.4. The highest BCUT2D eigenvalue weighted by molar-refractivity contribution is 6.25. The summed E-state index contributed by atoms with van der Waals surface area (Å²) in [4.78, 5) is 26.3. The van der Waals surface area contributed by atoms with Crippen LogP contribution in [0.25, 0.3) is 0 Å². The van der Waals surface area contributed by atoms with Crippen LogP contribution in [0.5, 0.6) is 0 Å². The normalized spacial score (nSPS) is 29.2. The Bertz CT molecular complexity index is 368. The summed E-state index contributed by atoms with van der Waals surface area (Å²) in [5.41, 5.74) is 0.582. The van der Waals surface area contributed by atoms with E-state index in [0.29, 0.717) is 13.0 Å². The molecule has 0 aromatic heterocycles. The van der Waals surface area contributed by atoms with Crippen molar-refractivity contribution in [1.29, 1.82) is 0 Å². The molecule has 1 saturated heterocycles. The van der Waals surface area contributed by atoms with Crippen molar-refractivity contribution in [2.75, 3.05) is 6.54 Å². The van der Waals surface area contributed by atoms with Gasteiger partial charge < -0.3 is 10.2 Å². The Kier molecular flexibility index (Phi) is 4.79. The zero-order chi connectivity index (χ0) is 13.9. The van der Waals surface area contributed by atoms with Crippen molar-refractivity contribution in [1.82, 2.24) is 10.2 Å². The van der Waals surface area contributed by atoms with Crippen LogP contribution in [0.3, 0.4) is 0 Å². The number of piperazine rings is 1. The van der Waals surface area contributed by atoms with Gasteiger partial charge in [0.15, 0.2) is 0 Å². The summed E-state index contributed by atoms with van der Waals surface area (Å²) in [5, 5.41) is 2.83. The van der Waals surface area contributed by atoms with Crippen molar-refractivity contribution >= 4 is 23.4 Å². The summed E-state index contributed by atoms with van der Waals surface area (Å²) >= 11 is 5.52. The van der Waals surface area contributed by atoms with Crippen LogP contribution < -0.4 is 5.32 Å². The molecule has 2 unspecified atom stereocenters. The Morgan fingerprint density at radius 1 is 1.50 bits per heavy atom. The lowest BCUT2D eigenvalue weighted by molar-refractivity contribution is -0.157. The predicted octanol–water partition coefficient (Wildman–Crippen LogP) is 1.89. The van der Waals surface area contributed by atoms with Crippen LogP contribution in [0.1, 0.15) is 34.1 Å². The Balaban J connectivity index is 3.09. The summed E-state index contributed by atoms with van der Waals surface area (Å²) in [6.07, 6.45) is 2.26. The molecule has 4 nitrogen and oxygen atoms in total. The first-order chi connectivity index (χ1) is 8.38. The Morgan fingerprint density at radius 2 is 2.11 bits per heavy atom. The first-order valence-corrected chi connectivity index (χ1v) is 6.69. The van der Waals surface area contributed by atoms with E-state index in [1.54, 1.807) is 17.9 Å². The van der Waals surface area contributed by atoms with Gasteiger partial charge in [0.05, 0.1) is 0 Å². The molecule has 0 aromatic rings. The lowest BCUT2D eigenvalue weighted by atomic mass is 9.88. The highest BCUT2D eigenvalue weighted by atomic mass is 35.5. The molecule has 1 fully saturated rings. The van der Waals surface area contributed by atoms with E-state index in [-0.39, 0.29) is 17.7 Å². The van der Waals surface area contributed by atoms with Crippen molar-refractivity contribution in [3.63, 3.8) is 0 Å². The largest absolute Gasteiger partial charge is 0.342 e. The Labute approximate surface area is 113 Å². The minimum atomic E-state index is -0.793. The predicted molar refractivity (Wildman–Crippen MR) is 72.2 cm³/mol. The lowest BCUT2D eigenvalue weighted by Gasteiger charge is -2.46. The molecule has 0 saturated carbocycles. The van der Waals surface area contributed by atoms with Crippen LogP contribution in [0.4, 0.5) is 0 Å². The first kappa shape index (κ1) is 15.0. The molecule has 1 aliphatic rings. The molecular formula is C13H21ClN2O2. The molecule has 1 aliphatic heterocycles. The molecule has 1 N–H and O–H groups in total. The van der Waals surface area contributed by atoms with E-state index in [2.05, 4.69) is 5.32 Å². The highest BCUT2D eigenvalue weighted by Gasteiger charge is 2.48. The van der Waals surface area contributed by atoms with E-state index >= 15 is 0 Å². The second-order valence-corrected chi connectivity index (χ2v) is 5.39. The second kappa shape index (κ2) is 5.74. The molecule has 0 spiro atoms. The fourth-order valence-corrected chi connectivity index (χ4v) is 2.21. The fourth-order valence-electron chi connectivity index (χ4n) is 2.13. The zero-order valence-corrected chi connectivity index (χ0v) is 12.1.